The molecule has 29 heavy (non-hydrogen) atoms. The number of methoxy groups -OCH3 is 1. The van der Waals surface area contributed by atoms with E-state index in [-0.39, 0.29) is 33.3 Å². The van der Waals surface area contributed by atoms with Crippen LogP contribution in [0.5, 0.6) is 11.5 Å². The summed E-state index contributed by atoms with van der Waals surface area (Å²) in [5.41, 5.74) is 1.81. The number of fused-ring (bicyclic) bond motifs is 1. The number of ether oxygens (including phenoxy) is 1. The van der Waals surface area contributed by atoms with E-state index in [1.165, 1.54) is 25.3 Å². The van der Waals surface area contributed by atoms with Gasteiger partial charge in [0.25, 0.3) is 17.3 Å². The fraction of sp³-hybridized carbons (Fsp3) is 0.0588. The summed E-state index contributed by atoms with van der Waals surface area (Å²) >= 11 is 1.12. The van der Waals surface area contributed by atoms with Crippen molar-refractivity contribution in [1.82, 2.24) is 5.43 Å². The maximum atomic E-state index is 12.3. The lowest BCUT2D eigenvalue weighted by molar-refractivity contribution is -0.385. The van der Waals surface area contributed by atoms with E-state index >= 15 is 0 Å². The summed E-state index contributed by atoms with van der Waals surface area (Å²) < 4.78 is 5.57. The van der Waals surface area contributed by atoms with Gasteiger partial charge in [0, 0.05) is 33.8 Å². The second-order valence-electron chi connectivity index (χ2n) is 5.63. The van der Waals surface area contributed by atoms with Crippen LogP contribution in [-0.4, -0.2) is 34.2 Å². The molecule has 0 fully saturated rings. The van der Waals surface area contributed by atoms with Gasteiger partial charge in [0.05, 0.1) is 34.1 Å². The van der Waals surface area contributed by atoms with Gasteiger partial charge >= 0.3 is 0 Å². The molecule has 0 atom stereocenters. The van der Waals surface area contributed by atoms with Gasteiger partial charge in [-0.05, 0) is 12.1 Å². The molecule has 0 aliphatic heterocycles. The van der Waals surface area contributed by atoms with Gasteiger partial charge in [-0.25, -0.2) is 5.43 Å². The summed E-state index contributed by atoms with van der Waals surface area (Å²) in [6, 6.07) is 7.88. The number of nitrogens with zero attached hydrogens (tertiary/aromatic N) is 3. The number of hydrogen-bond donors (Lipinski definition) is 2. The van der Waals surface area contributed by atoms with Gasteiger partial charge in [0.15, 0.2) is 11.5 Å². The minimum atomic E-state index is -0.658. The van der Waals surface area contributed by atoms with Gasteiger partial charge in [-0.3, -0.25) is 25.0 Å². The lowest BCUT2D eigenvalue weighted by atomic mass is 10.2. The first-order chi connectivity index (χ1) is 13.8. The zero-order chi connectivity index (χ0) is 21.1. The Bertz CT molecular complexity index is 1170. The Morgan fingerprint density at radius 3 is 2.55 bits per heavy atom. The van der Waals surface area contributed by atoms with Crippen molar-refractivity contribution in [2.75, 3.05) is 7.11 Å². The molecule has 0 aliphatic rings. The number of phenols is 1. The van der Waals surface area contributed by atoms with Crippen LogP contribution in [0.3, 0.4) is 0 Å². The Morgan fingerprint density at radius 2 is 1.90 bits per heavy atom. The fourth-order valence-corrected chi connectivity index (χ4v) is 3.38. The molecule has 11 nitrogen and oxygen atoms in total. The lowest BCUT2D eigenvalue weighted by Gasteiger charge is -2.05. The summed E-state index contributed by atoms with van der Waals surface area (Å²) in [5.74, 6) is -1.06. The minimum Gasteiger partial charge on any atom is -0.504 e. The van der Waals surface area contributed by atoms with Crippen LogP contribution in [0.4, 0.5) is 11.4 Å². The summed E-state index contributed by atoms with van der Waals surface area (Å²) in [4.78, 5) is 33.1. The van der Waals surface area contributed by atoms with Crippen LogP contribution in [-0.2, 0) is 0 Å². The normalized spacial score (nSPS) is 10.9. The molecule has 12 heteroatoms. The smallest absolute Gasteiger partial charge is 0.281 e. The largest absolute Gasteiger partial charge is 0.504 e. The topological polar surface area (TPSA) is 157 Å². The molecular weight excluding hydrogens is 404 g/mol. The number of aromatic hydroxyl groups is 1. The van der Waals surface area contributed by atoms with Crippen LogP contribution in [0.2, 0.25) is 0 Å². The van der Waals surface area contributed by atoms with E-state index in [2.05, 4.69) is 10.5 Å². The number of carbonyl (C=O) groups excluding carboxylic acids is 1. The number of nitrogens with one attached hydrogen (secondary N) is 1. The van der Waals surface area contributed by atoms with Crippen LogP contribution >= 0.6 is 11.3 Å². The molecule has 0 bridgehead atoms. The van der Waals surface area contributed by atoms with E-state index in [1.54, 1.807) is 6.07 Å². The molecule has 1 heterocycles. The number of thiophene rings is 1. The minimum absolute atomic E-state index is 0.0247. The van der Waals surface area contributed by atoms with Crippen molar-refractivity contribution in [2.45, 2.75) is 0 Å². The number of phenolic OH excluding ortho intramolecular Hbond substituents is 1. The van der Waals surface area contributed by atoms with Crippen LogP contribution < -0.4 is 10.2 Å². The van der Waals surface area contributed by atoms with Gasteiger partial charge in [-0.1, -0.05) is 0 Å². The molecule has 1 amide bonds. The molecule has 3 aromatic rings. The van der Waals surface area contributed by atoms with Crippen LogP contribution in [0, 0.1) is 20.2 Å². The maximum absolute atomic E-state index is 12.3. The number of hydrogen-bond acceptors (Lipinski definition) is 9. The molecule has 2 aromatic carbocycles. The number of benzene rings is 2. The first-order valence-corrected chi connectivity index (χ1v) is 8.68. The monoisotopic (exact) mass is 416 g/mol. The molecule has 0 saturated carbocycles. The van der Waals surface area contributed by atoms with Gasteiger partial charge in [0.2, 0.25) is 0 Å². The quantitative estimate of drug-likeness (QED) is 0.355. The molecule has 148 valence electrons. The molecule has 0 spiro atoms. The molecule has 0 unspecified atom stereocenters. The SMILES string of the molecule is COc1cc([N+](=O)[O-])cc(/C=N/NC(=O)c2cc3cc([N+](=O)[O-])ccc3s2)c1O. The number of hydrazone groups is 1. The Labute approximate surface area is 166 Å². The van der Waals surface area contributed by atoms with E-state index in [9.17, 15) is 30.1 Å². The second kappa shape index (κ2) is 7.90. The molecule has 2 N–H and O–H groups in total. The molecular formula is C17H12N4O7S. The van der Waals surface area contributed by atoms with E-state index in [1.807, 2.05) is 0 Å². The number of nitro groups is 2. The third-order valence-corrected chi connectivity index (χ3v) is 4.94. The van der Waals surface area contributed by atoms with Crippen LogP contribution in [0.15, 0.2) is 41.5 Å². The van der Waals surface area contributed by atoms with Crippen molar-refractivity contribution >= 4 is 44.9 Å². The summed E-state index contributed by atoms with van der Waals surface area (Å²) in [6.07, 6.45) is 1.04. The highest BCUT2D eigenvalue weighted by molar-refractivity contribution is 7.20. The summed E-state index contributed by atoms with van der Waals surface area (Å²) in [5, 5.41) is 36.1. The second-order valence-corrected chi connectivity index (χ2v) is 6.72. The van der Waals surface area contributed by atoms with Gasteiger partial charge in [-0.15, -0.1) is 11.3 Å². The van der Waals surface area contributed by atoms with E-state index in [4.69, 9.17) is 4.74 Å². The third-order valence-electron chi connectivity index (χ3n) is 3.82. The number of amides is 1. The number of nitro benzene ring substituents is 2. The third kappa shape index (κ3) is 4.11. The van der Waals surface area contributed by atoms with E-state index in [0.29, 0.717) is 10.1 Å². The Kier molecular flexibility index (Phi) is 5.36. The Hall–Kier alpha value is -4.06. The average Bonchev–Trinajstić information content (AvgIpc) is 3.12. The van der Waals surface area contributed by atoms with Crippen LogP contribution in [0.1, 0.15) is 15.2 Å². The van der Waals surface area contributed by atoms with Crippen LogP contribution in [0.25, 0.3) is 10.1 Å². The zero-order valence-corrected chi connectivity index (χ0v) is 15.5. The zero-order valence-electron chi connectivity index (χ0n) is 14.7. The standard InChI is InChI=1S/C17H12N4O7S/c1-28-13-7-12(21(26)27)5-10(16(13)22)8-18-19-17(23)15-6-9-4-11(20(24)25)2-3-14(9)29-15/h2-8,22H,1H3,(H,19,23)/b18-8+. The number of carbonyl (C=O) groups is 1. The van der Waals surface area contributed by atoms with Crippen molar-refractivity contribution in [3.8, 4) is 11.5 Å². The predicted octanol–water partition coefficient (Wildman–Crippen LogP) is 3.20. The molecule has 1 aromatic heterocycles. The van der Waals surface area contributed by atoms with Crippen molar-refractivity contribution < 1.29 is 24.5 Å². The van der Waals surface area contributed by atoms with Gasteiger partial charge < -0.3 is 9.84 Å². The van der Waals surface area contributed by atoms with E-state index in [0.717, 1.165) is 29.7 Å². The number of rotatable bonds is 6. The molecule has 3 rings (SSSR count). The highest BCUT2D eigenvalue weighted by atomic mass is 32.1. The van der Waals surface area contributed by atoms with E-state index < -0.39 is 15.8 Å². The first-order valence-electron chi connectivity index (χ1n) is 7.87. The van der Waals surface area contributed by atoms with Gasteiger partial charge in [0.1, 0.15) is 0 Å². The summed E-state index contributed by atoms with van der Waals surface area (Å²) in [7, 11) is 1.24. The van der Waals surface area contributed by atoms with Crippen molar-refractivity contribution in [2.24, 2.45) is 5.10 Å². The van der Waals surface area contributed by atoms with Crippen molar-refractivity contribution in [3.05, 3.63) is 67.1 Å². The number of non-ortho nitro benzene ring substituents is 2. The first kappa shape index (κ1) is 19.7. The molecule has 0 aliphatic carbocycles. The van der Waals surface area contributed by atoms with Crippen molar-refractivity contribution in [1.29, 1.82) is 0 Å². The fourth-order valence-electron chi connectivity index (χ4n) is 2.45. The molecule has 0 radical (unpaired) electrons. The Balaban J connectivity index is 1.81. The predicted molar refractivity (Wildman–Crippen MR) is 105 cm³/mol. The average molecular weight is 416 g/mol. The van der Waals surface area contributed by atoms with Gasteiger partial charge in [-0.2, -0.15) is 5.10 Å². The highest BCUT2D eigenvalue weighted by Crippen LogP contribution is 2.33. The Morgan fingerprint density at radius 1 is 1.17 bits per heavy atom. The molecule has 0 saturated heterocycles. The maximum Gasteiger partial charge on any atom is 0.281 e. The summed E-state index contributed by atoms with van der Waals surface area (Å²) in [6.45, 7) is 0. The highest BCUT2D eigenvalue weighted by Gasteiger charge is 2.16. The lowest BCUT2D eigenvalue weighted by Crippen LogP contribution is -2.16. The van der Waals surface area contributed by atoms with Crippen molar-refractivity contribution in [3.63, 3.8) is 0 Å².